The van der Waals surface area contributed by atoms with E-state index in [1.54, 1.807) is 6.92 Å². The summed E-state index contributed by atoms with van der Waals surface area (Å²) >= 11 is 0. The van der Waals surface area contributed by atoms with Crippen molar-refractivity contribution < 1.29 is 13.5 Å². The molecule has 1 heterocycles. The molecule has 1 rings (SSSR count). The third kappa shape index (κ3) is 3.99. The fraction of sp³-hybridized carbons (Fsp3) is 1.00. The standard InChI is InChI=1S/C9H21N3O3S/c1-8(13)9(10)7-11-16(14,15)12-5-3-2-4-6-12/h8-9,11,13H,2-7,10H2,1H3. The summed E-state index contributed by atoms with van der Waals surface area (Å²) in [5, 5.41) is 9.15. The number of nitrogens with two attached hydrogens (primary N) is 1. The van der Waals surface area contributed by atoms with Crippen LogP contribution in [0.3, 0.4) is 0 Å². The highest BCUT2D eigenvalue weighted by atomic mass is 32.2. The van der Waals surface area contributed by atoms with Gasteiger partial charge in [0.15, 0.2) is 0 Å². The summed E-state index contributed by atoms with van der Waals surface area (Å²) in [4.78, 5) is 0. The summed E-state index contributed by atoms with van der Waals surface area (Å²) in [6.45, 7) is 2.74. The van der Waals surface area contributed by atoms with E-state index in [1.165, 1.54) is 4.31 Å². The Hall–Kier alpha value is -0.210. The van der Waals surface area contributed by atoms with Crippen LogP contribution in [0.25, 0.3) is 0 Å². The number of rotatable bonds is 5. The summed E-state index contributed by atoms with van der Waals surface area (Å²) in [6, 6.07) is -0.570. The average Bonchev–Trinajstić information content (AvgIpc) is 2.27. The van der Waals surface area contributed by atoms with Crippen molar-refractivity contribution in [1.29, 1.82) is 0 Å². The molecule has 0 aliphatic carbocycles. The first-order chi connectivity index (χ1) is 7.43. The Morgan fingerprint density at radius 2 is 1.94 bits per heavy atom. The summed E-state index contributed by atoms with van der Waals surface area (Å²) in [6.07, 6.45) is 2.18. The molecule has 0 saturated carbocycles. The highest BCUT2D eigenvalue weighted by Crippen LogP contribution is 2.11. The molecule has 0 spiro atoms. The van der Waals surface area contributed by atoms with Gasteiger partial charge in [-0.3, -0.25) is 0 Å². The highest BCUT2D eigenvalue weighted by molar-refractivity contribution is 7.87. The molecule has 0 aromatic carbocycles. The number of hydrogen-bond acceptors (Lipinski definition) is 4. The number of aliphatic hydroxyl groups is 1. The van der Waals surface area contributed by atoms with Crippen LogP contribution in [0.4, 0.5) is 0 Å². The Balaban J connectivity index is 2.44. The monoisotopic (exact) mass is 251 g/mol. The van der Waals surface area contributed by atoms with Crippen molar-refractivity contribution >= 4 is 10.2 Å². The molecule has 1 aliphatic rings. The maximum absolute atomic E-state index is 11.8. The molecular weight excluding hydrogens is 230 g/mol. The lowest BCUT2D eigenvalue weighted by molar-refractivity contribution is 0.164. The van der Waals surface area contributed by atoms with Crippen molar-refractivity contribution in [2.45, 2.75) is 38.3 Å². The molecule has 0 radical (unpaired) electrons. The topological polar surface area (TPSA) is 95.7 Å². The summed E-state index contributed by atoms with van der Waals surface area (Å²) in [7, 11) is -3.42. The molecule has 0 aromatic heterocycles. The van der Waals surface area contributed by atoms with Gasteiger partial charge in [-0.15, -0.1) is 0 Å². The predicted octanol–water partition coefficient (Wildman–Crippen LogP) is -0.985. The Bertz CT molecular complexity index is 299. The first kappa shape index (κ1) is 13.9. The van der Waals surface area contributed by atoms with Crippen molar-refractivity contribution in [1.82, 2.24) is 9.03 Å². The van der Waals surface area contributed by atoms with E-state index in [0.29, 0.717) is 13.1 Å². The molecule has 0 amide bonds. The van der Waals surface area contributed by atoms with Crippen LogP contribution < -0.4 is 10.5 Å². The van der Waals surface area contributed by atoms with E-state index in [4.69, 9.17) is 10.8 Å². The molecule has 1 fully saturated rings. The van der Waals surface area contributed by atoms with Crippen molar-refractivity contribution in [2.75, 3.05) is 19.6 Å². The van der Waals surface area contributed by atoms with Gasteiger partial charge >= 0.3 is 0 Å². The lowest BCUT2D eigenvalue weighted by Crippen LogP contribution is -2.49. The Morgan fingerprint density at radius 1 is 1.38 bits per heavy atom. The maximum atomic E-state index is 11.8. The van der Waals surface area contributed by atoms with Crippen molar-refractivity contribution in [3.8, 4) is 0 Å². The molecule has 0 aromatic rings. The highest BCUT2D eigenvalue weighted by Gasteiger charge is 2.24. The van der Waals surface area contributed by atoms with Gasteiger partial charge in [0.1, 0.15) is 0 Å². The molecule has 2 unspecified atom stereocenters. The molecule has 1 saturated heterocycles. The molecule has 2 atom stereocenters. The van der Waals surface area contributed by atoms with Gasteiger partial charge in [-0.2, -0.15) is 12.7 Å². The fourth-order valence-electron chi connectivity index (χ4n) is 1.57. The maximum Gasteiger partial charge on any atom is 0.279 e. The summed E-state index contributed by atoms with van der Waals surface area (Å²) in [5.74, 6) is 0. The van der Waals surface area contributed by atoms with Crippen molar-refractivity contribution in [2.24, 2.45) is 5.73 Å². The minimum Gasteiger partial charge on any atom is -0.392 e. The lowest BCUT2D eigenvalue weighted by atomic mass is 10.2. The SMILES string of the molecule is CC(O)C(N)CNS(=O)(=O)N1CCCCC1. The van der Waals surface area contributed by atoms with E-state index in [-0.39, 0.29) is 6.54 Å². The van der Waals surface area contributed by atoms with Crippen LogP contribution in [0.2, 0.25) is 0 Å². The second-order valence-corrected chi connectivity index (χ2v) is 5.97. The van der Waals surface area contributed by atoms with Gasteiger partial charge in [0.05, 0.1) is 6.10 Å². The van der Waals surface area contributed by atoms with Gasteiger partial charge in [0.2, 0.25) is 0 Å². The zero-order chi connectivity index (χ0) is 12.2. The van der Waals surface area contributed by atoms with E-state index < -0.39 is 22.4 Å². The molecule has 4 N–H and O–H groups in total. The van der Waals surface area contributed by atoms with Gasteiger partial charge in [-0.1, -0.05) is 6.42 Å². The van der Waals surface area contributed by atoms with Gasteiger partial charge in [-0.05, 0) is 19.8 Å². The Kier molecular flexibility index (Phi) is 5.13. The smallest absolute Gasteiger partial charge is 0.279 e. The van der Waals surface area contributed by atoms with Crippen LogP contribution in [0, 0.1) is 0 Å². The normalized spacial score (nSPS) is 22.9. The third-order valence-electron chi connectivity index (χ3n) is 2.78. The van der Waals surface area contributed by atoms with E-state index in [0.717, 1.165) is 19.3 Å². The Labute approximate surface area is 97.0 Å². The van der Waals surface area contributed by atoms with Crippen LogP contribution in [0.1, 0.15) is 26.2 Å². The molecule has 6 nitrogen and oxygen atoms in total. The zero-order valence-electron chi connectivity index (χ0n) is 9.59. The van der Waals surface area contributed by atoms with Crippen molar-refractivity contribution in [3.63, 3.8) is 0 Å². The van der Waals surface area contributed by atoms with E-state index in [1.807, 2.05) is 0 Å². The van der Waals surface area contributed by atoms with E-state index >= 15 is 0 Å². The average molecular weight is 251 g/mol. The minimum absolute atomic E-state index is 0.0660. The van der Waals surface area contributed by atoms with Gasteiger partial charge in [0.25, 0.3) is 10.2 Å². The molecule has 1 aliphatic heterocycles. The molecule has 16 heavy (non-hydrogen) atoms. The number of nitrogens with zero attached hydrogens (tertiary/aromatic N) is 1. The number of hydrogen-bond donors (Lipinski definition) is 3. The molecule has 0 bridgehead atoms. The molecule has 7 heteroatoms. The van der Waals surface area contributed by atoms with Crippen LogP contribution in [-0.4, -0.2) is 49.6 Å². The zero-order valence-corrected chi connectivity index (χ0v) is 10.4. The second kappa shape index (κ2) is 5.92. The van der Waals surface area contributed by atoms with Crippen LogP contribution >= 0.6 is 0 Å². The second-order valence-electron chi connectivity index (χ2n) is 4.22. The van der Waals surface area contributed by atoms with Crippen molar-refractivity contribution in [3.05, 3.63) is 0 Å². The minimum atomic E-state index is -3.42. The van der Waals surface area contributed by atoms with Crippen LogP contribution in [0.15, 0.2) is 0 Å². The summed E-state index contributed by atoms with van der Waals surface area (Å²) < 4.78 is 27.4. The number of nitrogens with one attached hydrogen (secondary N) is 1. The predicted molar refractivity (Wildman–Crippen MR) is 62.0 cm³/mol. The number of aliphatic hydroxyl groups excluding tert-OH is 1. The third-order valence-corrected chi connectivity index (χ3v) is 4.35. The Morgan fingerprint density at radius 3 is 2.44 bits per heavy atom. The van der Waals surface area contributed by atoms with E-state index in [2.05, 4.69) is 4.72 Å². The fourth-order valence-corrected chi connectivity index (χ4v) is 2.89. The quantitative estimate of drug-likeness (QED) is 0.585. The molecular formula is C9H21N3O3S. The van der Waals surface area contributed by atoms with Gasteiger partial charge in [0, 0.05) is 25.7 Å². The van der Waals surface area contributed by atoms with Crippen LogP contribution in [-0.2, 0) is 10.2 Å². The van der Waals surface area contributed by atoms with Gasteiger partial charge in [-0.25, -0.2) is 4.72 Å². The largest absolute Gasteiger partial charge is 0.392 e. The summed E-state index contributed by atoms with van der Waals surface area (Å²) in [5.41, 5.74) is 5.56. The number of piperidine rings is 1. The van der Waals surface area contributed by atoms with E-state index in [9.17, 15) is 8.42 Å². The van der Waals surface area contributed by atoms with Gasteiger partial charge < -0.3 is 10.8 Å². The molecule has 96 valence electrons. The first-order valence-corrected chi connectivity index (χ1v) is 7.06. The lowest BCUT2D eigenvalue weighted by Gasteiger charge is -2.26. The van der Waals surface area contributed by atoms with Crippen LogP contribution in [0.5, 0.6) is 0 Å². The first-order valence-electron chi connectivity index (χ1n) is 5.62.